The highest BCUT2D eigenvalue weighted by atomic mass is 15.1. The SMILES string of the molecule is CC(C)CC1CNCCC12CCN(c1ccccc1)CC2. The first-order valence-corrected chi connectivity index (χ1v) is 8.70. The minimum absolute atomic E-state index is 0.612. The lowest BCUT2D eigenvalue weighted by Crippen LogP contribution is -2.51. The zero-order valence-corrected chi connectivity index (χ0v) is 13.6. The lowest BCUT2D eigenvalue weighted by atomic mass is 9.63. The second kappa shape index (κ2) is 6.39. The van der Waals surface area contributed by atoms with E-state index in [-0.39, 0.29) is 0 Å². The molecule has 2 aliphatic heterocycles. The second-order valence-corrected chi connectivity index (χ2v) is 7.47. The quantitative estimate of drug-likeness (QED) is 0.905. The Bertz CT molecular complexity index is 432. The van der Waals surface area contributed by atoms with Crippen molar-refractivity contribution in [3.63, 3.8) is 0 Å². The molecule has 1 aromatic rings. The fourth-order valence-electron chi connectivity index (χ4n) is 4.44. The Morgan fingerprint density at radius 3 is 2.52 bits per heavy atom. The molecule has 0 amide bonds. The van der Waals surface area contributed by atoms with Gasteiger partial charge in [-0.1, -0.05) is 32.0 Å². The first-order valence-electron chi connectivity index (χ1n) is 8.70. The van der Waals surface area contributed by atoms with Crippen LogP contribution in [0.2, 0.25) is 0 Å². The standard InChI is InChI=1S/C19H30N2/c1-16(2)14-17-15-20-11-8-19(17)9-12-21(13-10-19)18-6-4-3-5-7-18/h3-7,16-17,20H,8-15H2,1-2H3. The predicted molar refractivity (Wildman–Crippen MR) is 90.8 cm³/mol. The summed E-state index contributed by atoms with van der Waals surface area (Å²) in [6.45, 7) is 9.68. The van der Waals surface area contributed by atoms with Crippen molar-refractivity contribution in [2.24, 2.45) is 17.3 Å². The summed E-state index contributed by atoms with van der Waals surface area (Å²) in [5.74, 6) is 1.70. The van der Waals surface area contributed by atoms with Gasteiger partial charge in [-0.3, -0.25) is 0 Å². The first kappa shape index (κ1) is 14.9. The molecule has 2 heterocycles. The molecule has 21 heavy (non-hydrogen) atoms. The highest BCUT2D eigenvalue weighted by Gasteiger charge is 2.42. The van der Waals surface area contributed by atoms with Crippen LogP contribution in [0.4, 0.5) is 5.69 Å². The van der Waals surface area contributed by atoms with Crippen molar-refractivity contribution in [1.29, 1.82) is 0 Å². The van der Waals surface area contributed by atoms with E-state index in [1.54, 1.807) is 0 Å². The molecule has 1 aromatic carbocycles. The van der Waals surface area contributed by atoms with Gasteiger partial charge >= 0.3 is 0 Å². The number of para-hydroxylation sites is 1. The van der Waals surface area contributed by atoms with Crippen molar-refractivity contribution < 1.29 is 0 Å². The summed E-state index contributed by atoms with van der Waals surface area (Å²) in [6, 6.07) is 10.9. The summed E-state index contributed by atoms with van der Waals surface area (Å²) in [5, 5.41) is 3.64. The lowest BCUT2D eigenvalue weighted by molar-refractivity contribution is 0.0602. The van der Waals surface area contributed by atoms with E-state index in [0.29, 0.717) is 5.41 Å². The molecule has 2 heteroatoms. The molecule has 0 saturated carbocycles. The van der Waals surface area contributed by atoms with E-state index in [0.717, 1.165) is 11.8 Å². The molecule has 2 fully saturated rings. The number of nitrogens with zero attached hydrogens (tertiary/aromatic N) is 1. The van der Waals surface area contributed by atoms with Gasteiger partial charge in [0.25, 0.3) is 0 Å². The number of benzene rings is 1. The zero-order chi connectivity index (χ0) is 14.7. The summed E-state index contributed by atoms with van der Waals surface area (Å²) in [5.41, 5.74) is 2.02. The van der Waals surface area contributed by atoms with Crippen LogP contribution in [0.15, 0.2) is 30.3 Å². The minimum atomic E-state index is 0.612. The normalized spacial score (nSPS) is 25.5. The molecule has 2 aliphatic rings. The molecular weight excluding hydrogens is 256 g/mol. The van der Waals surface area contributed by atoms with E-state index in [9.17, 15) is 0 Å². The summed E-state index contributed by atoms with van der Waals surface area (Å²) in [4.78, 5) is 2.58. The molecular formula is C19H30N2. The molecule has 3 rings (SSSR count). The van der Waals surface area contributed by atoms with Crippen LogP contribution in [0.1, 0.15) is 39.5 Å². The van der Waals surface area contributed by atoms with Crippen molar-refractivity contribution in [3.05, 3.63) is 30.3 Å². The highest BCUT2D eigenvalue weighted by molar-refractivity contribution is 5.46. The van der Waals surface area contributed by atoms with Crippen molar-refractivity contribution >= 4 is 5.69 Å². The van der Waals surface area contributed by atoms with Gasteiger partial charge in [-0.05, 0) is 68.2 Å². The molecule has 0 aromatic heterocycles. The maximum atomic E-state index is 3.64. The maximum absolute atomic E-state index is 3.64. The van der Waals surface area contributed by atoms with Crippen LogP contribution < -0.4 is 10.2 Å². The Labute approximate surface area is 129 Å². The topological polar surface area (TPSA) is 15.3 Å². The summed E-state index contributed by atoms with van der Waals surface area (Å²) in [6.07, 6.45) is 5.52. The Balaban J connectivity index is 1.67. The minimum Gasteiger partial charge on any atom is -0.371 e. The number of anilines is 1. The van der Waals surface area contributed by atoms with Crippen molar-refractivity contribution in [1.82, 2.24) is 5.32 Å². The van der Waals surface area contributed by atoms with Crippen molar-refractivity contribution in [2.75, 3.05) is 31.1 Å². The molecule has 2 saturated heterocycles. The van der Waals surface area contributed by atoms with Crippen LogP contribution >= 0.6 is 0 Å². The average Bonchev–Trinajstić information content (AvgIpc) is 2.51. The Kier molecular flexibility index (Phi) is 4.54. The number of hydrogen-bond acceptors (Lipinski definition) is 2. The fourth-order valence-corrected chi connectivity index (χ4v) is 4.44. The smallest absolute Gasteiger partial charge is 0.0366 e. The Morgan fingerprint density at radius 1 is 1.14 bits per heavy atom. The van der Waals surface area contributed by atoms with E-state index in [2.05, 4.69) is 54.4 Å². The zero-order valence-electron chi connectivity index (χ0n) is 13.6. The van der Waals surface area contributed by atoms with E-state index >= 15 is 0 Å². The lowest BCUT2D eigenvalue weighted by Gasteiger charge is -2.50. The van der Waals surface area contributed by atoms with Crippen LogP contribution in [-0.4, -0.2) is 26.2 Å². The fraction of sp³-hybridized carbons (Fsp3) is 0.684. The van der Waals surface area contributed by atoms with Gasteiger partial charge < -0.3 is 10.2 Å². The largest absolute Gasteiger partial charge is 0.371 e. The Hall–Kier alpha value is -1.02. The number of piperidine rings is 2. The van der Waals surface area contributed by atoms with Crippen molar-refractivity contribution in [2.45, 2.75) is 39.5 Å². The molecule has 1 unspecified atom stereocenters. The van der Waals surface area contributed by atoms with Gasteiger partial charge in [0, 0.05) is 18.8 Å². The third-order valence-corrected chi connectivity index (χ3v) is 5.69. The van der Waals surface area contributed by atoms with Gasteiger partial charge in [-0.2, -0.15) is 0 Å². The molecule has 1 spiro atoms. The van der Waals surface area contributed by atoms with Crippen LogP contribution in [-0.2, 0) is 0 Å². The molecule has 0 aliphatic carbocycles. The number of nitrogens with one attached hydrogen (secondary N) is 1. The van der Waals surface area contributed by atoms with Crippen LogP contribution in [0, 0.1) is 17.3 Å². The molecule has 116 valence electrons. The van der Waals surface area contributed by atoms with Gasteiger partial charge in [-0.25, -0.2) is 0 Å². The van der Waals surface area contributed by atoms with Gasteiger partial charge in [0.05, 0.1) is 0 Å². The van der Waals surface area contributed by atoms with Crippen LogP contribution in [0.3, 0.4) is 0 Å². The number of rotatable bonds is 3. The van der Waals surface area contributed by atoms with E-state index in [4.69, 9.17) is 0 Å². The monoisotopic (exact) mass is 286 g/mol. The number of hydrogen-bond donors (Lipinski definition) is 1. The first-order chi connectivity index (χ1) is 10.2. The third kappa shape index (κ3) is 3.26. The molecule has 1 N–H and O–H groups in total. The van der Waals surface area contributed by atoms with Gasteiger partial charge in [0.1, 0.15) is 0 Å². The Morgan fingerprint density at radius 2 is 1.86 bits per heavy atom. The maximum Gasteiger partial charge on any atom is 0.0366 e. The summed E-state index contributed by atoms with van der Waals surface area (Å²) >= 11 is 0. The van der Waals surface area contributed by atoms with Gasteiger partial charge in [0.2, 0.25) is 0 Å². The predicted octanol–water partition coefficient (Wildman–Crippen LogP) is 3.93. The second-order valence-electron chi connectivity index (χ2n) is 7.47. The van der Waals surface area contributed by atoms with E-state index in [1.807, 2.05) is 0 Å². The summed E-state index contributed by atoms with van der Waals surface area (Å²) in [7, 11) is 0. The van der Waals surface area contributed by atoms with E-state index < -0.39 is 0 Å². The summed E-state index contributed by atoms with van der Waals surface area (Å²) < 4.78 is 0. The molecule has 2 nitrogen and oxygen atoms in total. The van der Waals surface area contributed by atoms with Crippen LogP contribution in [0.5, 0.6) is 0 Å². The van der Waals surface area contributed by atoms with E-state index in [1.165, 1.54) is 57.5 Å². The molecule has 0 radical (unpaired) electrons. The molecule has 0 bridgehead atoms. The van der Waals surface area contributed by atoms with Gasteiger partial charge in [-0.15, -0.1) is 0 Å². The molecule has 1 atom stereocenters. The van der Waals surface area contributed by atoms with Crippen molar-refractivity contribution in [3.8, 4) is 0 Å². The van der Waals surface area contributed by atoms with Gasteiger partial charge in [0.15, 0.2) is 0 Å². The highest BCUT2D eigenvalue weighted by Crippen LogP contribution is 2.46. The average molecular weight is 286 g/mol. The van der Waals surface area contributed by atoms with Crippen LogP contribution in [0.25, 0.3) is 0 Å². The third-order valence-electron chi connectivity index (χ3n) is 5.69.